The number of benzene rings is 1. The van der Waals surface area contributed by atoms with Gasteiger partial charge >= 0.3 is 0 Å². The van der Waals surface area contributed by atoms with Gasteiger partial charge in [-0.25, -0.2) is 0 Å². The third-order valence-corrected chi connectivity index (χ3v) is 3.96. The lowest BCUT2D eigenvalue weighted by atomic mass is 9.94. The van der Waals surface area contributed by atoms with Crippen LogP contribution in [0.4, 0.5) is 5.69 Å². The second kappa shape index (κ2) is 5.74. The quantitative estimate of drug-likeness (QED) is 0.858. The summed E-state index contributed by atoms with van der Waals surface area (Å²) < 4.78 is 0. The zero-order valence-electron chi connectivity index (χ0n) is 12.3. The minimum atomic E-state index is 0.0938. The van der Waals surface area contributed by atoms with Crippen LogP contribution in [-0.4, -0.2) is 18.5 Å². The lowest BCUT2D eigenvalue weighted by molar-refractivity contribution is -0.120. The summed E-state index contributed by atoms with van der Waals surface area (Å²) in [6, 6.07) is 4.76. The maximum absolute atomic E-state index is 12.3. The van der Waals surface area contributed by atoms with E-state index in [1.807, 2.05) is 0 Å². The highest BCUT2D eigenvalue weighted by Crippen LogP contribution is 2.24. The van der Waals surface area contributed by atoms with Crippen molar-refractivity contribution in [2.24, 2.45) is 5.92 Å². The molecule has 2 atom stereocenters. The van der Waals surface area contributed by atoms with Gasteiger partial charge in [-0.05, 0) is 51.7 Å². The van der Waals surface area contributed by atoms with Gasteiger partial charge in [0, 0.05) is 18.3 Å². The maximum Gasteiger partial charge on any atom is 0.228 e. The summed E-state index contributed by atoms with van der Waals surface area (Å²) in [6.07, 6.45) is 2.05. The molecule has 2 unspecified atom stereocenters. The molecule has 1 amide bonds. The Balaban J connectivity index is 2.07. The summed E-state index contributed by atoms with van der Waals surface area (Å²) in [5.74, 6) is 0.241. The number of carbonyl (C=O) groups excluding carboxylic acids is 1. The fourth-order valence-corrected chi connectivity index (χ4v) is 2.82. The molecule has 0 aliphatic carbocycles. The largest absolute Gasteiger partial charge is 0.325 e. The predicted octanol–water partition coefficient (Wildman–Crippen LogP) is 2.94. The Morgan fingerprint density at radius 2 is 1.84 bits per heavy atom. The number of aryl methyl sites for hydroxylation is 3. The van der Waals surface area contributed by atoms with E-state index in [4.69, 9.17) is 0 Å². The lowest BCUT2D eigenvalue weighted by Gasteiger charge is -2.27. The summed E-state index contributed by atoms with van der Waals surface area (Å²) in [6.45, 7) is 9.14. The van der Waals surface area contributed by atoms with Gasteiger partial charge in [0.05, 0.1) is 5.92 Å². The van der Waals surface area contributed by atoms with Crippen molar-refractivity contribution in [2.45, 2.75) is 46.6 Å². The molecule has 2 rings (SSSR count). The minimum absolute atomic E-state index is 0.0938. The summed E-state index contributed by atoms with van der Waals surface area (Å²) in [5, 5.41) is 6.49. The number of hydrogen-bond donors (Lipinski definition) is 2. The van der Waals surface area contributed by atoms with Crippen LogP contribution in [0, 0.1) is 26.7 Å². The molecule has 3 nitrogen and oxygen atoms in total. The van der Waals surface area contributed by atoms with Crippen molar-refractivity contribution < 1.29 is 4.79 Å². The highest BCUT2D eigenvalue weighted by Gasteiger charge is 2.24. The highest BCUT2D eigenvalue weighted by atomic mass is 16.1. The first-order chi connectivity index (χ1) is 8.97. The number of nitrogens with one attached hydrogen (secondary N) is 2. The second-order valence-electron chi connectivity index (χ2n) is 5.85. The SMILES string of the molecule is Cc1cc(C)c(NC(=O)C2CCC(C)NC2)c(C)c1. The van der Waals surface area contributed by atoms with E-state index in [0.29, 0.717) is 6.04 Å². The normalized spacial score (nSPS) is 23.2. The van der Waals surface area contributed by atoms with Crippen molar-refractivity contribution in [1.82, 2.24) is 5.32 Å². The van der Waals surface area contributed by atoms with E-state index in [9.17, 15) is 4.79 Å². The second-order valence-corrected chi connectivity index (χ2v) is 5.85. The number of hydrogen-bond acceptors (Lipinski definition) is 2. The first-order valence-electron chi connectivity index (χ1n) is 7.09. The Hall–Kier alpha value is -1.35. The first-order valence-corrected chi connectivity index (χ1v) is 7.09. The molecular weight excluding hydrogens is 236 g/mol. The highest BCUT2D eigenvalue weighted by molar-refractivity contribution is 5.94. The summed E-state index contributed by atoms with van der Waals surface area (Å²) in [5.41, 5.74) is 4.50. The minimum Gasteiger partial charge on any atom is -0.325 e. The van der Waals surface area contributed by atoms with E-state index in [2.05, 4.69) is 50.5 Å². The number of anilines is 1. The van der Waals surface area contributed by atoms with Gasteiger partial charge in [-0.3, -0.25) is 4.79 Å². The van der Waals surface area contributed by atoms with Gasteiger partial charge in [0.15, 0.2) is 0 Å². The predicted molar refractivity (Wildman–Crippen MR) is 79.5 cm³/mol. The number of amides is 1. The molecular formula is C16H24N2O. The van der Waals surface area contributed by atoms with Crippen molar-refractivity contribution in [3.05, 3.63) is 28.8 Å². The molecule has 1 aromatic carbocycles. The zero-order chi connectivity index (χ0) is 14.0. The third-order valence-electron chi connectivity index (χ3n) is 3.96. The molecule has 1 saturated heterocycles. The monoisotopic (exact) mass is 260 g/mol. The van der Waals surface area contributed by atoms with Crippen LogP contribution in [0.5, 0.6) is 0 Å². The number of rotatable bonds is 2. The molecule has 3 heteroatoms. The molecule has 0 radical (unpaired) electrons. The summed E-state index contributed by atoms with van der Waals surface area (Å²) in [4.78, 5) is 12.3. The van der Waals surface area contributed by atoms with Crippen molar-refractivity contribution in [1.29, 1.82) is 0 Å². The van der Waals surface area contributed by atoms with Gasteiger partial charge in [0.2, 0.25) is 5.91 Å². The van der Waals surface area contributed by atoms with Gasteiger partial charge in [-0.2, -0.15) is 0 Å². The van der Waals surface area contributed by atoms with E-state index in [1.54, 1.807) is 0 Å². The molecule has 1 fully saturated rings. The molecule has 0 aromatic heterocycles. The summed E-state index contributed by atoms with van der Waals surface area (Å²) in [7, 11) is 0. The maximum atomic E-state index is 12.3. The van der Waals surface area contributed by atoms with Crippen LogP contribution in [0.25, 0.3) is 0 Å². The molecule has 1 aliphatic heterocycles. The standard InChI is InChI=1S/C16H24N2O/c1-10-7-11(2)15(12(3)8-10)18-16(19)14-6-5-13(4)17-9-14/h7-8,13-14,17H,5-6,9H2,1-4H3,(H,18,19). The molecule has 104 valence electrons. The van der Waals surface area contributed by atoms with Crippen LogP contribution in [0.2, 0.25) is 0 Å². The van der Waals surface area contributed by atoms with Gasteiger partial charge in [-0.15, -0.1) is 0 Å². The Bertz CT molecular complexity index is 451. The van der Waals surface area contributed by atoms with Gasteiger partial charge < -0.3 is 10.6 Å². The van der Waals surface area contributed by atoms with Crippen molar-refractivity contribution in [2.75, 3.05) is 11.9 Å². The summed E-state index contributed by atoms with van der Waals surface area (Å²) >= 11 is 0. The van der Waals surface area contributed by atoms with Crippen LogP contribution in [0.3, 0.4) is 0 Å². The molecule has 0 saturated carbocycles. The average Bonchev–Trinajstić information content (AvgIpc) is 2.34. The Morgan fingerprint density at radius 1 is 1.21 bits per heavy atom. The average molecular weight is 260 g/mol. The first kappa shape index (κ1) is 14.1. The van der Waals surface area contributed by atoms with E-state index in [-0.39, 0.29) is 11.8 Å². The van der Waals surface area contributed by atoms with Gasteiger partial charge in [0.25, 0.3) is 0 Å². The van der Waals surface area contributed by atoms with Crippen LogP contribution in [0.1, 0.15) is 36.5 Å². The lowest BCUT2D eigenvalue weighted by Crippen LogP contribution is -2.41. The fourth-order valence-electron chi connectivity index (χ4n) is 2.82. The smallest absolute Gasteiger partial charge is 0.228 e. The van der Waals surface area contributed by atoms with E-state index in [1.165, 1.54) is 5.56 Å². The molecule has 0 bridgehead atoms. The number of carbonyl (C=O) groups is 1. The zero-order valence-corrected chi connectivity index (χ0v) is 12.3. The number of piperidine rings is 1. The molecule has 1 heterocycles. The van der Waals surface area contributed by atoms with Crippen LogP contribution < -0.4 is 10.6 Å². The van der Waals surface area contributed by atoms with Crippen molar-refractivity contribution in [3.63, 3.8) is 0 Å². The fraction of sp³-hybridized carbons (Fsp3) is 0.562. The Labute approximate surface area is 115 Å². The van der Waals surface area contributed by atoms with Gasteiger partial charge in [0.1, 0.15) is 0 Å². The topological polar surface area (TPSA) is 41.1 Å². The molecule has 1 aliphatic rings. The Morgan fingerprint density at radius 3 is 2.37 bits per heavy atom. The van der Waals surface area contributed by atoms with E-state index >= 15 is 0 Å². The van der Waals surface area contributed by atoms with Crippen LogP contribution >= 0.6 is 0 Å². The third kappa shape index (κ3) is 3.35. The molecule has 1 aromatic rings. The molecule has 2 N–H and O–H groups in total. The molecule has 0 spiro atoms. The van der Waals surface area contributed by atoms with Gasteiger partial charge in [-0.1, -0.05) is 17.7 Å². The Kier molecular flexibility index (Phi) is 4.25. The van der Waals surface area contributed by atoms with E-state index in [0.717, 1.165) is 36.2 Å². The van der Waals surface area contributed by atoms with E-state index < -0.39 is 0 Å². The van der Waals surface area contributed by atoms with Crippen molar-refractivity contribution in [3.8, 4) is 0 Å². The van der Waals surface area contributed by atoms with Crippen molar-refractivity contribution >= 4 is 11.6 Å². The molecule has 19 heavy (non-hydrogen) atoms. The van der Waals surface area contributed by atoms with Crippen LogP contribution in [0.15, 0.2) is 12.1 Å². The van der Waals surface area contributed by atoms with Crippen LogP contribution in [-0.2, 0) is 4.79 Å².